The second-order valence-corrected chi connectivity index (χ2v) is 4.39. The first-order valence-corrected chi connectivity index (χ1v) is 5.85. The van der Waals surface area contributed by atoms with E-state index in [-0.39, 0.29) is 5.91 Å². The predicted molar refractivity (Wildman–Crippen MR) is 76.1 cm³/mol. The van der Waals surface area contributed by atoms with Gasteiger partial charge < -0.3 is 16.0 Å². The van der Waals surface area contributed by atoms with E-state index < -0.39 is 0 Å². The van der Waals surface area contributed by atoms with E-state index in [1.807, 2.05) is 30.3 Å². The van der Waals surface area contributed by atoms with Gasteiger partial charge in [-0.25, -0.2) is 0 Å². The topological polar surface area (TPSA) is 75.1 Å². The van der Waals surface area contributed by atoms with Crippen LogP contribution in [0.1, 0.15) is 16.1 Å². The number of hydrogen-bond donors (Lipinski definition) is 2. The van der Waals surface area contributed by atoms with Gasteiger partial charge in [-0.15, -0.1) is 0 Å². The molecular formula is C14H16N4O. The number of nitrogens with one attached hydrogen (secondary N) is 1. The van der Waals surface area contributed by atoms with Crippen molar-refractivity contribution in [3.8, 4) is 5.69 Å². The molecular weight excluding hydrogens is 240 g/mol. The average molecular weight is 256 g/mol. The number of rotatable bonds is 3. The van der Waals surface area contributed by atoms with Gasteiger partial charge in [0, 0.05) is 31.6 Å². The van der Waals surface area contributed by atoms with E-state index in [1.165, 1.54) is 4.90 Å². The number of benzene rings is 1. The Hall–Kier alpha value is -2.56. The fraction of sp³-hybridized carbons (Fsp3) is 0.143. The molecule has 0 atom stereocenters. The van der Waals surface area contributed by atoms with E-state index in [2.05, 4.69) is 0 Å². The SMILES string of the molecule is CN(C)C(=O)c1cc(C=N)c(N)n1-c1ccccc1. The van der Waals surface area contributed by atoms with Crippen molar-refractivity contribution in [2.75, 3.05) is 19.8 Å². The van der Waals surface area contributed by atoms with Crippen LogP contribution in [0.5, 0.6) is 0 Å². The van der Waals surface area contributed by atoms with Gasteiger partial charge in [0.2, 0.25) is 0 Å². The van der Waals surface area contributed by atoms with E-state index in [9.17, 15) is 4.79 Å². The molecule has 1 amide bonds. The first-order valence-electron chi connectivity index (χ1n) is 5.85. The zero-order chi connectivity index (χ0) is 14.0. The number of para-hydroxylation sites is 1. The predicted octanol–water partition coefficient (Wildman–Crippen LogP) is 1.76. The quantitative estimate of drug-likeness (QED) is 0.821. The van der Waals surface area contributed by atoms with Gasteiger partial charge in [-0.3, -0.25) is 9.36 Å². The van der Waals surface area contributed by atoms with Crippen LogP contribution in [-0.2, 0) is 0 Å². The largest absolute Gasteiger partial charge is 0.384 e. The Bertz CT molecular complexity index is 614. The maximum absolute atomic E-state index is 12.2. The minimum atomic E-state index is -0.149. The summed E-state index contributed by atoms with van der Waals surface area (Å²) in [4.78, 5) is 13.7. The van der Waals surface area contributed by atoms with Crippen molar-refractivity contribution in [2.45, 2.75) is 0 Å². The number of carbonyl (C=O) groups is 1. The Labute approximate surface area is 111 Å². The Morgan fingerprint density at radius 3 is 2.47 bits per heavy atom. The smallest absolute Gasteiger partial charge is 0.270 e. The molecule has 5 heteroatoms. The van der Waals surface area contributed by atoms with Gasteiger partial charge in [0.15, 0.2) is 0 Å². The average Bonchev–Trinajstić information content (AvgIpc) is 2.75. The number of nitrogen functional groups attached to an aromatic ring is 1. The van der Waals surface area contributed by atoms with Crippen LogP contribution in [0.25, 0.3) is 5.69 Å². The molecule has 0 aliphatic heterocycles. The molecule has 1 aromatic heterocycles. The van der Waals surface area contributed by atoms with Crippen LogP contribution in [0.3, 0.4) is 0 Å². The van der Waals surface area contributed by atoms with Crippen LogP contribution in [0, 0.1) is 5.41 Å². The standard InChI is InChI=1S/C14H16N4O/c1-17(2)14(19)12-8-10(9-15)13(16)18(12)11-6-4-3-5-7-11/h3-9,15H,16H2,1-2H3. The van der Waals surface area contributed by atoms with Gasteiger partial charge in [0.05, 0.1) is 0 Å². The molecule has 1 aromatic carbocycles. The summed E-state index contributed by atoms with van der Waals surface area (Å²) >= 11 is 0. The fourth-order valence-corrected chi connectivity index (χ4v) is 1.90. The maximum Gasteiger partial charge on any atom is 0.270 e. The van der Waals surface area contributed by atoms with E-state index >= 15 is 0 Å². The Kier molecular flexibility index (Phi) is 3.37. The summed E-state index contributed by atoms with van der Waals surface area (Å²) in [6, 6.07) is 11.0. The lowest BCUT2D eigenvalue weighted by atomic mass is 10.3. The summed E-state index contributed by atoms with van der Waals surface area (Å²) in [5.41, 5.74) is 7.82. The molecule has 98 valence electrons. The van der Waals surface area contributed by atoms with Crippen LogP contribution in [-0.4, -0.2) is 35.7 Å². The number of aromatic nitrogens is 1. The number of hydrogen-bond acceptors (Lipinski definition) is 3. The molecule has 0 radical (unpaired) electrons. The summed E-state index contributed by atoms with van der Waals surface area (Å²) in [6.45, 7) is 0. The molecule has 1 heterocycles. The lowest BCUT2D eigenvalue weighted by Gasteiger charge is -2.14. The van der Waals surface area contributed by atoms with Crippen molar-refractivity contribution in [3.05, 3.63) is 47.7 Å². The third-order valence-electron chi connectivity index (χ3n) is 2.86. The lowest BCUT2D eigenvalue weighted by Crippen LogP contribution is -2.24. The third-order valence-corrected chi connectivity index (χ3v) is 2.86. The molecule has 0 aliphatic rings. The second-order valence-electron chi connectivity index (χ2n) is 4.39. The molecule has 5 nitrogen and oxygen atoms in total. The molecule has 0 unspecified atom stereocenters. The maximum atomic E-state index is 12.2. The van der Waals surface area contributed by atoms with E-state index in [0.29, 0.717) is 17.1 Å². The van der Waals surface area contributed by atoms with Crippen LogP contribution >= 0.6 is 0 Å². The van der Waals surface area contributed by atoms with Crippen molar-refractivity contribution < 1.29 is 4.79 Å². The van der Waals surface area contributed by atoms with Crippen molar-refractivity contribution in [1.82, 2.24) is 9.47 Å². The first kappa shape index (κ1) is 12.9. The van der Waals surface area contributed by atoms with Gasteiger partial charge in [-0.1, -0.05) is 18.2 Å². The number of carbonyl (C=O) groups excluding carboxylic acids is 1. The Morgan fingerprint density at radius 1 is 1.32 bits per heavy atom. The molecule has 0 spiro atoms. The molecule has 0 saturated heterocycles. The Morgan fingerprint density at radius 2 is 1.95 bits per heavy atom. The molecule has 0 aliphatic carbocycles. The van der Waals surface area contributed by atoms with Crippen molar-refractivity contribution in [3.63, 3.8) is 0 Å². The minimum Gasteiger partial charge on any atom is -0.384 e. The zero-order valence-electron chi connectivity index (χ0n) is 10.9. The lowest BCUT2D eigenvalue weighted by molar-refractivity contribution is 0.0820. The second kappa shape index (κ2) is 4.97. The first-order chi connectivity index (χ1) is 9.06. The highest BCUT2D eigenvalue weighted by Crippen LogP contribution is 2.23. The van der Waals surface area contributed by atoms with Crippen LogP contribution in [0.15, 0.2) is 36.4 Å². The summed E-state index contributed by atoms with van der Waals surface area (Å²) in [5.74, 6) is 0.245. The summed E-state index contributed by atoms with van der Waals surface area (Å²) in [7, 11) is 3.37. The number of nitrogens with two attached hydrogens (primary N) is 1. The third kappa shape index (κ3) is 2.22. The minimum absolute atomic E-state index is 0.149. The monoisotopic (exact) mass is 256 g/mol. The van der Waals surface area contributed by atoms with E-state index in [1.54, 1.807) is 24.7 Å². The molecule has 2 aromatic rings. The Balaban J connectivity index is 2.67. The van der Waals surface area contributed by atoms with Gasteiger partial charge >= 0.3 is 0 Å². The van der Waals surface area contributed by atoms with Crippen molar-refractivity contribution >= 4 is 17.9 Å². The highest BCUT2D eigenvalue weighted by molar-refractivity contribution is 5.98. The number of nitrogens with zero attached hydrogens (tertiary/aromatic N) is 2. The highest BCUT2D eigenvalue weighted by atomic mass is 16.2. The molecule has 0 fully saturated rings. The van der Waals surface area contributed by atoms with Crippen LogP contribution < -0.4 is 5.73 Å². The van der Waals surface area contributed by atoms with Crippen LogP contribution in [0.4, 0.5) is 5.82 Å². The van der Waals surface area contributed by atoms with Gasteiger partial charge in [0.1, 0.15) is 11.5 Å². The zero-order valence-corrected chi connectivity index (χ0v) is 10.9. The van der Waals surface area contributed by atoms with Crippen LogP contribution in [0.2, 0.25) is 0 Å². The van der Waals surface area contributed by atoms with Gasteiger partial charge in [-0.05, 0) is 18.2 Å². The number of amides is 1. The fourth-order valence-electron chi connectivity index (χ4n) is 1.90. The summed E-state index contributed by atoms with van der Waals surface area (Å²) < 4.78 is 1.67. The molecule has 0 bridgehead atoms. The molecule has 0 saturated carbocycles. The number of anilines is 1. The van der Waals surface area contributed by atoms with Crippen molar-refractivity contribution in [1.29, 1.82) is 5.41 Å². The summed E-state index contributed by atoms with van der Waals surface area (Å²) in [5, 5.41) is 7.36. The molecule has 3 N–H and O–H groups in total. The van der Waals surface area contributed by atoms with Crippen molar-refractivity contribution in [2.24, 2.45) is 0 Å². The molecule has 19 heavy (non-hydrogen) atoms. The van der Waals surface area contributed by atoms with Gasteiger partial charge in [-0.2, -0.15) is 0 Å². The highest BCUT2D eigenvalue weighted by Gasteiger charge is 2.19. The van der Waals surface area contributed by atoms with Gasteiger partial charge in [0.25, 0.3) is 5.91 Å². The van der Waals surface area contributed by atoms with E-state index in [0.717, 1.165) is 11.9 Å². The van der Waals surface area contributed by atoms with E-state index in [4.69, 9.17) is 11.1 Å². The normalized spacial score (nSPS) is 10.2. The molecule has 2 rings (SSSR count). The summed E-state index contributed by atoms with van der Waals surface area (Å²) in [6.07, 6.45) is 1.15.